The molecule has 8 heteroatoms. The summed E-state index contributed by atoms with van der Waals surface area (Å²) in [5.74, 6) is 0. The van der Waals surface area contributed by atoms with Crippen LogP contribution in [0.25, 0.3) is 10.2 Å². The number of thiazole rings is 1. The lowest BCUT2D eigenvalue weighted by atomic mass is 10.2. The topological polar surface area (TPSA) is 82.3 Å². The molecule has 0 spiro atoms. The standard InChI is InChI=1S/C21H19N3O3S2/c1-15-24(20-7-2-3-8-21(20)28-15)14-16-5-4-6-18(13-16)23-22-17-9-11-19(12-10-17)29(25,26)27/h2-13,22-23H,14H2,1H3/p+1. The second-order valence-electron chi connectivity index (χ2n) is 6.62. The van der Waals surface area contributed by atoms with E-state index in [2.05, 4.69) is 58.7 Å². The Kier molecular flexibility index (Phi) is 5.23. The first kappa shape index (κ1) is 19.4. The van der Waals surface area contributed by atoms with Crippen LogP contribution in [0.4, 0.5) is 11.4 Å². The highest BCUT2D eigenvalue weighted by molar-refractivity contribution is 7.85. The van der Waals surface area contributed by atoms with Gasteiger partial charge in [-0.2, -0.15) is 13.0 Å². The van der Waals surface area contributed by atoms with Gasteiger partial charge >= 0.3 is 0 Å². The SMILES string of the molecule is Cc1sc2ccccc2[n+]1Cc1cccc(NNc2ccc(S(=O)(=O)O)cc2)c1. The van der Waals surface area contributed by atoms with Gasteiger partial charge in [-0.25, -0.2) is 0 Å². The van der Waals surface area contributed by atoms with Gasteiger partial charge in [0, 0.05) is 18.6 Å². The first-order valence-electron chi connectivity index (χ1n) is 8.97. The fourth-order valence-electron chi connectivity index (χ4n) is 3.13. The van der Waals surface area contributed by atoms with E-state index in [1.54, 1.807) is 23.5 Å². The number of para-hydroxylation sites is 1. The van der Waals surface area contributed by atoms with Gasteiger partial charge in [-0.05, 0) is 42.5 Å². The first-order chi connectivity index (χ1) is 13.9. The van der Waals surface area contributed by atoms with Gasteiger partial charge in [0.05, 0.1) is 16.3 Å². The van der Waals surface area contributed by atoms with E-state index in [9.17, 15) is 8.42 Å². The van der Waals surface area contributed by atoms with Crippen LogP contribution >= 0.6 is 11.3 Å². The van der Waals surface area contributed by atoms with E-state index in [0.29, 0.717) is 5.69 Å². The van der Waals surface area contributed by atoms with Gasteiger partial charge in [0.2, 0.25) is 10.5 Å². The second-order valence-corrected chi connectivity index (χ2v) is 9.28. The van der Waals surface area contributed by atoms with Crippen molar-refractivity contribution in [2.75, 3.05) is 10.9 Å². The molecule has 0 atom stereocenters. The average Bonchev–Trinajstić information content (AvgIpc) is 3.02. The van der Waals surface area contributed by atoms with E-state index in [1.165, 1.54) is 27.4 Å². The number of nitrogens with one attached hydrogen (secondary N) is 2. The molecule has 4 aromatic rings. The number of nitrogens with zero attached hydrogens (tertiary/aromatic N) is 1. The fourth-order valence-corrected chi connectivity index (χ4v) is 4.63. The highest BCUT2D eigenvalue weighted by atomic mass is 32.2. The van der Waals surface area contributed by atoms with Crippen LogP contribution in [0.5, 0.6) is 0 Å². The molecule has 0 bridgehead atoms. The Bertz CT molecular complexity index is 1270. The van der Waals surface area contributed by atoms with Crippen LogP contribution in [0.1, 0.15) is 10.6 Å². The Labute approximate surface area is 173 Å². The van der Waals surface area contributed by atoms with Crippen LogP contribution < -0.4 is 15.4 Å². The highest BCUT2D eigenvalue weighted by Crippen LogP contribution is 2.21. The average molecular weight is 427 g/mol. The lowest BCUT2D eigenvalue weighted by molar-refractivity contribution is -0.664. The third kappa shape index (κ3) is 4.40. The molecule has 6 nitrogen and oxygen atoms in total. The molecule has 0 saturated heterocycles. The Morgan fingerprint density at radius 1 is 0.931 bits per heavy atom. The molecule has 0 unspecified atom stereocenters. The molecule has 4 rings (SSSR count). The maximum atomic E-state index is 11.1. The minimum atomic E-state index is -4.19. The molecule has 148 valence electrons. The van der Waals surface area contributed by atoms with Gasteiger partial charge in [-0.1, -0.05) is 35.6 Å². The molecule has 1 aromatic heterocycles. The normalized spacial score (nSPS) is 11.5. The summed E-state index contributed by atoms with van der Waals surface area (Å²) in [7, 11) is -4.19. The lowest BCUT2D eigenvalue weighted by Gasteiger charge is -2.11. The van der Waals surface area contributed by atoms with Crippen molar-refractivity contribution in [1.29, 1.82) is 0 Å². The van der Waals surface area contributed by atoms with Gasteiger partial charge in [0.25, 0.3) is 10.1 Å². The van der Waals surface area contributed by atoms with Crippen molar-refractivity contribution in [3.05, 3.63) is 83.4 Å². The van der Waals surface area contributed by atoms with Gasteiger partial charge in [0.1, 0.15) is 4.70 Å². The van der Waals surface area contributed by atoms with Crippen molar-refractivity contribution in [3.8, 4) is 0 Å². The Morgan fingerprint density at radius 2 is 1.66 bits per heavy atom. The number of hydrogen-bond donors (Lipinski definition) is 3. The summed E-state index contributed by atoms with van der Waals surface area (Å²) in [5, 5.41) is 1.25. The Morgan fingerprint density at radius 3 is 2.41 bits per heavy atom. The smallest absolute Gasteiger partial charge is 0.294 e. The maximum Gasteiger partial charge on any atom is 0.294 e. The largest absolute Gasteiger partial charge is 0.301 e. The van der Waals surface area contributed by atoms with E-state index in [0.717, 1.165) is 17.8 Å². The van der Waals surface area contributed by atoms with Crippen molar-refractivity contribution in [2.24, 2.45) is 0 Å². The number of rotatable bonds is 6. The van der Waals surface area contributed by atoms with Crippen molar-refractivity contribution in [2.45, 2.75) is 18.4 Å². The summed E-state index contributed by atoms with van der Waals surface area (Å²) in [6.07, 6.45) is 0. The highest BCUT2D eigenvalue weighted by Gasteiger charge is 2.17. The molecule has 3 aromatic carbocycles. The quantitative estimate of drug-likeness (QED) is 0.244. The number of aromatic nitrogens is 1. The van der Waals surface area contributed by atoms with E-state index in [-0.39, 0.29) is 4.90 Å². The lowest BCUT2D eigenvalue weighted by Crippen LogP contribution is -2.35. The molecule has 0 saturated carbocycles. The van der Waals surface area contributed by atoms with E-state index >= 15 is 0 Å². The van der Waals surface area contributed by atoms with Gasteiger partial charge < -0.3 is 10.9 Å². The molecule has 0 amide bonds. The summed E-state index contributed by atoms with van der Waals surface area (Å²) in [6.45, 7) is 2.90. The number of benzene rings is 3. The second kappa shape index (κ2) is 7.82. The van der Waals surface area contributed by atoms with Crippen LogP contribution in [0.15, 0.2) is 77.7 Å². The third-order valence-electron chi connectivity index (χ3n) is 4.56. The van der Waals surface area contributed by atoms with E-state index < -0.39 is 10.1 Å². The predicted octanol–water partition coefficient (Wildman–Crippen LogP) is 4.23. The predicted molar refractivity (Wildman–Crippen MR) is 116 cm³/mol. The summed E-state index contributed by atoms with van der Waals surface area (Å²) >= 11 is 1.79. The molecule has 0 radical (unpaired) electrons. The van der Waals surface area contributed by atoms with Crippen LogP contribution in [0.3, 0.4) is 0 Å². The van der Waals surface area contributed by atoms with Crippen LogP contribution in [0.2, 0.25) is 0 Å². The zero-order chi connectivity index (χ0) is 20.4. The first-order valence-corrected chi connectivity index (χ1v) is 11.2. The summed E-state index contributed by atoms with van der Waals surface area (Å²) in [4.78, 5) is -0.138. The van der Waals surface area contributed by atoms with Crippen LogP contribution in [-0.4, -0.2) is 13.0 Å². The van der Waals surface area contributed by atoms with Crippen molar-refractivity contribution in [1.82, 2.24) is 0 Å². The maximum absolute atomic E-state index is 11.1. The summed E-state index contributed by atoms with van der Waals surface area (Å²) in [5.41, 5.74) is 10.1. The van der Waals surface area contributed by atoms with Crippen LogP contribution in [0, 0.1) is 6.92 Å². The van der Waals surface area contributed by atoms with E-state index in [4.69, 9.17) is 4.55 Å². The molecule has 29 heavy (non-hydrogen) atoms. The number of fused-ring (bicyclic) bond motifs is 1. The number of anilines is 2. The van der Waals surface area contributed by atoms with Crippen molar-refractivity contribution in [3.63, 3.8) is 0 Å². The zero-order valence-electron chi connectivity index (χ0n) is 15.7. The van der Waals surface area contributed by atoms with Crippen molar-refractivity contribution < 1.29 is 17.5 Å². The Balaban J connectivity index is 1.48. The minimum Gasteiger partial charge on any atom is -0.301 e. The summed E-state index contributed by atoms with van der Waals surface area (Å²) < 4.78 is 34.9. The molecule has 3 N–H and O–H groups in total. The molecular formula is C21H20N3O3S2+. The monoisotopic (exact) mass is 426 g/mol. The molecule has 0 aliphatic rings. The number of hydrogen-bond acceptors (Lipinski definition) is 5. The van der Waals surface area contributed by atoms with Crippen LogP contribution in [-0.2, 0) is 16.7 Å². The molecule has 1 heterocycles. The number of aryl methyl sites for hydroxylation is 1. The Hall–Kier alpha value is -2.94. The number of hydrazine groups is 1. The van der Waals surface area contributed by atoms with Crippen molar-refractivity contribution >= 4 is 43.0 Å². The summed E-state index contributed by atoms with van der Waals surface area (Å²) in [6, 6.07) is 22.3. The molecule has 0 aliphatic heterocycles. The van der Waals surface area contributed by atoms with Gasteiger partial charge in [0.15, 0.2) is 6.54 Å². The third-order valence-corrected chi connectivity index (χ3v) is 6.51. The zero-order valence-corrected chi connectivity index (χ0v) is 17.3. The fraction of sp³-hybridized carbons (Fsp3) is 0.0952. The minimum absolute atomic E-state index is 0.138. The molecule has 0 aliphatic carbocycles. The molecule has 0 fully saturated rings. The van der Waals surface area contributed by atoms with E-state index in [1.807, 2.05) is 12.1 Å². The van der Waals surface area contributed by atoms with Gasteiger partial charge in [-0.3, -0.25) is 4.55 Å². The molecular weight excluding hydrogens is 406 g/mol. The van der Waals surface area contributed by atoms with Gasteiger partial charge in [-0.15, -0.1) is 0 Å².